The minimum absolute atomic E-state index is 0.0368. The van der Waals surface area contributed by atoms with Crippen molar-refractivity contribution >= 4 is 5.71 Å². The number of hydrogen-bond acceptors (Lipinski definition) is 7. The lowest BCUT2D eigenvalue weighted by Gasteiger charge is -2.38. The Morgan fingerprint density at radius 1 is 1.10 bits per heavy atom. The molecule has 0 saturated carbocycles. The lowest BCUT2D eigenvalue weighted by molar-refractivity contribution is -0.0214. The second-order valence-electron chi connectivity index (χ2n) is 7.58. The van der Waals surface area contributed by atoms with Crippen LogP contribution in [-0.4, -0.2) is 29.1 Å². The zero-order chi connectivity index (χ0) is 20.8. The molecule has 0 saturated heterocycles. The number of rotatable bonds is 4. The molecule has 7 nitrogen and oxygen atoms in total. The van der Waals surface area contributed by atoms with Crippen LogP contribution in [0.2, 0.25) is 0 Å². The van der Waals surface area contributed by atoms with Gasteiger partial charge in [0.1, 0.15) is 0 Å². The van der Waals surface area contributed by atoms with E-state index in [9.17, 15) is 0 Å². The van der Waals surface area contributed by atoms with Gasteiger partial charge in [0.15, 0.2) is 23.0 Å². The maximum absolute atomic E-state index is 6.48. The van der Waals surface area contributed by atoms with E-state index in [1.165, 1.54) is 0 Å². The van der Waals surface area contributed by atoms with Gasteiger partial charge in [-0.25, -0.2) is 5.01 Å². The predicted molar refractivity (Wildman–Crippen MR) is 114 cm³/mol. The zero-order valence-electron chi connectivity index (χ0n) is 17.0. The first kappa shape index (κ1) is 18.1. The van der Waals surface area contributed by atoms with Crippen molar-refractivity contribution in [3.63, 3.8) is 0 Å². The number of hydrazone groups is 1. The third-order valence-electron chi connectivity index (χ3n) is 5.76. The van der Waals surface area contributed by atoms with Crippen LogP contribution in [-0.2, 0) is 0 Å². The van der Waals surface area contributed by atoms with Gasteiger partial charge in [-0.3, -0.25) is 4.98 Å². The number of aromatic nitrogens is 1. The molecule has 0 N–H and O–H groups in total. The van der Waals surface area contributed by atoms with E-state index in [4.69, 9.17) is 24.0 Å². The van der Waals surface area contributed by atoms with Crippen LogP contribution in [0, 0.1) is 0 Å². The maximum Gasteiger partial charge on any atom is 0.231 e. The molecule has 6 rings (SSSR count). The highest BCUT2D eigenvalue weighted by molar-refractivity contribution is 6.02. The number of ether oxygens (including phenoxy) is 4. The fourth-order valence-corrected chi connectivity index (χ4v) is 4.35. The first-order chi connectivity index (χ1) is 15.3. The number of pyridine rings is 1. The van der Waals surface area contributed by atoms with E-state index < -0.39 is 0 Å². The Balaban J connectivity index is 1.44. The first-order valence-corrected chi connectivity index (χ1v) is 10.4. The second-order valence-corrected chi connectivity index (χ2v) is 7.58. The summed E-state index contributed by atoms with van der Waals surface area (Å²) in [6, 6.07) is 16.0. The van der Waals surface area contributed by atoms with Crippen molar-refractivity contribution in [2.45, 2.75) is 25.6 Å². The van der Waals surface area contributed by atoms with Crippen LogP contribution < -0.4 is 18.9 Å². The fraction of sp³-hybridized carbons (Fsp3) is 0.250. The summed E-state index contributed by atoms with van der Waals surface area (Å²) in [7, 11) is 0. The van der Waals surface area contributed by atoms with E-state index in [1.54, 1.807) is 6.20 Å². The molecule has 156 valence electrons. The Hall–Kier alpha value is -3.74. The molecule has 3 aliphatic heterocycles. The molecule has 0 bridgehead atoms. The van der Waals surface area contributed by atoms with Gasteiger partial charge in [0.2, 0.25) is 13.0 Å². The largest absolute Gasteiger partial charge is 0.490 e. The van der Waals surface area contributed by atoms with Gasteiger partial charge in [-0.15, -0.1) is 0 Å². The Bertz CT molecular complexity index is 1160. The van der Waals surface area contributed by atoms with Gasteiger partial charge in [-0.2, -0.15) is 5.10 Å². The lowest BCUT2D eigenvalue weighted by atomic mass is 9.95. The maximum atomic E-state index is 6.48. The van der Waals surface area contributed by atoms with Crippen molar-refractivity contribution in [3.05, 3.63) is 77.6 Å². The van der Waals surface area contributed by atoms with Crippen molar-refractivity contribution in [3.8, 4) is 23.0 Å². The number of nitrogens with zero attached hydrogens (tertiary/aromatic N) is 3. The summed E-state index contributed by atoms with van der Waals surface area (Å²) in [6.45, 7) is 2.80. The van der Waals surface area contributed by atoms with E-state index in [0.717, 1.165) is 51.8 Å². The number of para-hydroxylation sites is 1. The van der Waals surface area contributed by atoms with E-state index in [0.29, 0.717) is 6.61 Å². The summed E-state index contributed by atoms with van der Waals surface area (Å²) < 4.78 is 23.4. The van der Waals surface area contributed by atoms with Crippen LogP contribution >= 0.6 is 0 Å². The second kappa shape index (κ2) is 7.19. The molecular weight excluding hydrogens is 394 g/mol. The molecule has 3 aromatic rings. The standard InChI is InChI=1S/C24H21N3O4/c1-2-28-21-7-3-6-17-19-12-18(15-8-9-20-22(11-15)30-14-29-20)26-27(19)24(31-23(17)21)16-5-4-10-25-13-16/h3-11,13,19,24H,2,12,14H2,1H3/t19-,24+/m0/s1. The molecule has 0 unspecified atom stereocenters. The van der Waals surface area contributed by atoms with Crippen molar-refractivity contribution < 1.29 is 18.9 Å². The van der Waals surface area contributed by atoms with Gasteiger partial charge >= 0.3 is 0 Å². The Labute approximate surface area is 179 Å². The van der Waals surface area contributed by atoms with Gasteiger partial charge in [0.05, 0.1) is 18.4 Å². The van der Waals surface area contributed by atoms with Gasteiger partial charge < -0.3 is 18.9 Å². The molecule has 31 heavy (non-hydrogen) atoms. The topological polar surface area (TPSA) is 65.4 Å². The van der Waals surface area contributed by atoms with Crippen LogP contribution in [0.4, 0.5) is 0 Å². The highest BCUT2D eigenvalue weighted by Crippen LogP contribution is 2.50. The van der Waals surface area contributed by atoms with Crippen LogP contribution in [0.15, 0.2) is 66.0 Å². The van der Waals surface area contributed by atoms with Crippen molar-refractivity contribution in [1.82, 2.24) is 9.99 Å². The fourth-order valence-electron chi connectivity index (χ4n) is 4.35. The predicted octanol–water partition coefficient (Wildman–Crippen LogP) is 4.45. The van der Waals surface area contributed by atoms with Crippen LogP contribution in [0.3, 0.4) is 0 Å². The minimum atomic E-state index is -0.390. The van der Waals surface area contributed by atoms with Crippen LogP contribution in [0.5, 0.6) is 23.0 Å². The van der Waals surface area contributed by atoms with Crippen LogP contribution in [0.1, 0.15) is 42.3 Å². The third-order valence-corrected chi connectivity index (χ3v) is 5.76. The summed E-state index contributed by atoms with van der Waals surface area (Å²) in [5.41, 5.74) is 4.02. The van der Waals surface area contributed by atoms with Crippen molar-refractivity contribution in [2.75, 3.05) is 13.4 Å². The summed E-state index contributed by atoms with van der Waals surface area (Å²) in [5.74, 6) is 3.05. The molecule has 0 amide bonds. The smallest absolute Gasteiger partial charge is 0.231 e. The third kappa shape index (κ3) is 2.96. The molecule has 2 atom stereocenters. The normalized spacial score (nSPS) is 20.5. The van der Waals surface area contributed by atoms with E-state index in [-0.39, 0.29) is 19.1 Å². The zero-order valence-corrected chi connectivity index (χ0v) is 17.0. The summed E-state index contributed by atoms with van der Waals surface area (Å²) in [4.78, 5) is 4.29. The number of fused-ring (bicyclic) bond motifs is 4. The molecule has 7 heteroatoms. The molecule has 4 heterocycles. The molecule has 0 aliphatic carbocycles. The SMILES string of the molecule is CCOc1cccc2c1O[C@H](c1cccnc1)N1N=C(c3ccc4c(c3)OCO4)C[C@@H]21. The lowest BCUT2D eigenvalue weighted by Crippen LogP contribution is -2.34. The van der Waals surface area contributed by atoms with Gasteiger partial charge in [-0.1, -0.05) is 18.2 Å². The van der Waals surface area contributed by atoms with E-state index >= 15 is 0 Å². The highest BCUT2D eigenvalue weighted by atomic mass is 16.7. The Morgan fingerprint density at radius 3 is 2.90 bits per heavy atom. The molecule has 0 radical (unpaired) electrons. The summed E-state index contributed by atoms with van der Waals surface area (Å²) in [5, 5.41) is 7.03. The van der Waals surface area contributed by atoms with Crippen molar-refractivity contribution in [2.24, 2.45) is 5.10 Å². The summed E-state index contributed by atoms with van der Waals surface area (Å²) in [6.07, 6.45) is 3.94. The number of hydrogen-bond donors (Lipinski definition) is 0. The average molecular weight is 415 g/mol. The Kier molecular flexibility index (Phi) is 4.19. The molecular formula is C24H21N3O4. The van der Waals surface area contributed by atoms with E-state index in [1.807, 2.05) is 60.6 Å². The van der Waals surface area contributed by atoms with Gasteiger partial charge in [0.25, 0.3) is 0 Å². The minimum Gasteiger partial charge on any atom is -0.490 e. The highest BCUT2D eigenvalue weighted by Gasteiger charge is 2.42. The molecule has 3 aliphatic rings. The van der Waals surface area contributed by atoms with Crippen molar-refractivity contribution in [1.29, 1.82) is 0 Å². The molecule has 2 aromatic carbocycles. The van der Waals surface area contributed by atoms with Crippen LogP contribution in [0.25, 0.3) is 0 Å². The monoisotopic (exact) mass is 415 g/mol. The Morgan fingerprint density at radius 2 is 2.03 bits per heavy atom. The van der Waals surface area contributed by atoms with Gasteiger partial charge in [0, 0.05) is 35.5 Å². The average Bonchev–Trinajstić information content (AvgIpc) is 3.46. The van der Waals surface area contributed by atoms with E-state index in [2.05, 4.69) is 11.1 Å². The quantitative estimate of drug-likeness (QED) is 0.627. The molecule has 0 spiro atoms. The van der Waals surface area contributed by atoms with Gasteiger partial charge in [-0.05, 0) is 37.3 Å². The summed E-state index contributed by atoms with van der Waals surface area (Å²) >= 11 is 0. The first-order valence-electron chi connectivity index (χ1n) is 10.4. The number of benzene rings is 2. The molecule has 0 fully saturated rings. The molecule has 1 aromatic heterocycles.